The molecule has 2 aliphatic heterocycles. The largest absolute Gasteiger partial charge is 0.373 e. The number of rotatable bonds is 3. The van der Waals surface area contributed by atoms with Crippen molar-refractivity contribution in [2.75, 3.05) is 31.9 Å². The highest BCUT2D eigenvalue weighted by atomic mass is 32.2. The van der Waals surface area contributed by atoms with Gasteiger partial charge in [0, 0.05) is 13.1 Å². The molecule has 0 aromatic carbocycles. The van der Waals surface area contributed by atoms with Crippen molar-refractivity contribution in [3.63, 3.8) is 0 Å². The molecular weight excluding hydrogens is 252 g/mol. The summed E-state index contributed by atoms with van der Waals surface area (Å²) in [4.78, 5) is 0. The van der Waals surface area contributed by atoms with Gasteiger partial charge in [-0.3, -0.25) is 0 Å². The molecule has 106 valence electrons. The number of hydrogen-bond acceptors (Lipinski definition) is 4. The summed E-state index contributed by atoms with van der Waals surface area (Å²) in [6, 6.07) is 0. The summed E-state index contributed by atoms with van der Waals surface area (Å²) in [5.41, 5.74) is 0. The number of ether oxygens (including phenoxy) is 1. The van der Waals surface area contributed by atoms with Gasteiger partial charge < -0.3 is 10.1 Å². The number of sulfonamides is 1. The molecule has 1 N–H and O–H groups in total. The van der Waals surface area contributed by atoms with Crippen LogP contribution in [0.1, 0.15) is 26.7 Å². The molecule has 0 aliphatic carbocycles. The quantitative estimate of drug-likeness (QED) is 0.812. The minimum absolute atomic E-state index is 0.00648. The van der Waals surface area contributed by atoms with E-state index in [0.29, 0.717) is 13.1 Å². The monoisotopic (exact) mass is 276 g/mol. The fourth-order valence-electron chi connectivity index (χ4n) is 2.83. The summed E-state index contributed by atoms with van der Waals surface area (Å²) >= 11 is 0. The van der Waals surface area contributed by atoms with Gasteiger partial charge in [0.2, 0.25) is 10.0 Å². The van der Waals surface area contributed by atoms with Crippen molar-refractivity contribution < 1.29 is 13.2 Å². The Morgan fingerprint density at radius 3 is 2.50 bits per heavy atom. The Labute approximate surface area is 110 Å². The first-order valence-corrected chi connectivity index (χ1v) is 8.42. The van der Waals surface area contributed by atoms with Crippen molar-refractivity contribution in [3.8, 4) is 0 Å². The van der Waals surface area contributed by atoms with Gasteiger partial charge in [0.1, 0.15) is 0 Å². The number of hydrogen-bond donors (Lipinski definition) is 1. The summed E-state index contributed by atoms with van der Waals surface area (Å²) < 4.78 is 32.0. The van der Waals surface area contributed by atoms with Gasteiger partial charge in [-0.25, -0.2) is 8.42 Å². The maximum atomic E-state index is 12.4. The van der Waals surface area contributed by atoms with Crippen LogP contribution in [0, 0.1) is 5.92 Å². The fraction of sp³-hybridized carbons (Fsp3) is 1.00. The van der Waals surface area contributed by atoms with E-state index in [1.54, 1.807) is 4.31 Å². The Morgan fingerprint density at radius 1 is 1.28 bits per heavy atom. The van der Waals surface area contributed by atoms with E-state index in [9.17, 15) is 8.42 Å². The van der Waals surface area contributed by atoms with E-state index in [1.165, 1.54) is 0 Å². The van der Waals surface area contributed by atoms with Gasteiger partial charge >= 0.3 is 0 Å². The Hall–Kier alpha value is -0.170. The van der Waals surface area contributed by atoms with Gasteiger partial charge in [-0.1, -0.05) is 0 Å². The Balaban J connectivity index is 1.96. The van der Waals surface area contributed by atoms with Gasteiger partial charge in [-0.2, -0.15) is 4.31 Å². The molecule has 2 fully saturated rings. The number of piperidine rings is 1. The topological polar surface area (TPSA) is 58.6 Å². The molecule has 0 radical (unpaired) electrons. The van der Waals surface area contributed by atoms with E-state index in [4.69, 9.17) is 4.74 Å². The average Bonchev–Trinajstić information content (AvgIpc) is 2.28. The summed E-state index contributed by atoms with van der Waals surface area (Å²) in [5, 5.41) is 3.27. The Morgan fingerprint density at radius 2 is 1.94 bits per heavy atom. The van der Waals surface area contributed by atoms with Crippen molar-refractivity contribution in [3.05, 3.63) is 0 Å². The SMILES string of the molecule is C[C@@H]1CN(S(=O)(=O)CC2CCCNC2)C[C@H](C)O1. The van der Waals surface area contributed by atoms with Gasteiger partial charge in [0.25, 0.3) is 0 Å². The summed E-state index contributed by atoms with van der Waals surface area (Å²) in [7, 11) is -3.14. The van der Waals surface area contributed by atoms with Crippen molar-refractivity contribution >= 4 is 10.0 Å². The zero-order valence-corrected chi connectivity index (χ0v) is 12.1. The molecule has 0 bridgehead atoms. The second-order valence-electron chi connectivity index (χ2n) is 5.57. The van der Waals surface area contributed by atoms with Crippen LogP contribution in [0.25, 0.3) is 0 Å². The lowest BCUT2D eigenvalue weighted by Crippen LogP contribution is -2.50. The number of morpholine rings is 1. The molecule has 0 aromatic heterocycles. The molecule has 0 saturated carbocycles. The van der Waals surface area contributed by atoms with Crippen molar-refractivity contribution in [1.82, 2.24) is 9.62 Å². The molecule has 6 heteroatoms. The Bertz CT molecular complexity index is 356. The van der Waals surface area contributed by atoms with Crippen molar-refractivity contribution in [2.24, 2.45) is 5.92 Å². The second-order valence-corrected chi connectivity index (χ2v) is 7.58. The van der Waals surface area contributed by atoms with Crippen LogP contribution < -0.4 is 5.32 Å². The molecule has 2 saturated heterocycles. The third kappa shape index (κ3) is 3.66. The maximum Gasteiger partial charge on any atom is 0.214 e. The average molecular weight is 276 g/mol. The zero-order chi connectivity index (χ0) is 13.2. The highest BCUT2D eigenvalue weighted by Crippen LogP contribution is 2.19. The minimum atomic E-state index is -3.14. The predicted octanol–water partition coefficient (Wildman–Crippen LogP) is 0.425. The standard InChI is InChI=1S/C12H24N2O3S/c1-10-7-14(8-11(2)17-10)18(15,16)9-12-4-3-5-13-6-12/h10-13H,3-9H2,1-2H3/t10-,11+,12?. The van der Waals surface area contributed by atoms with Crippen molar-refractivity contribution in [1.29, 1.82) is 0 Å². The van der Waals surface area contributed by atoms with Crippen LogP contribution in [0.3, 0.4) is 0 Å². The molecule has 2 heterocycles. The minimum Gasteiger partial charge on any atom is -0.373 e. The molecule has 0 aromatic rings. The smallest absolute Gasteiger partial charge is 0.214 e. The lowest BCUT2D eigenvalue weighted by atomic mass is 10.0. The summed E-state index contributed by atoms with van der Waals surface area (Å²) in [6.45, 7) is 6.69. The zero-order valence-electron chi connectivity index (χ0n) is 11.3. The van der Waals surface area contributed by atoms with Crippen LogP contribution in [0.2, 0.25) is 0 Å². The van der Waals surface area contributed by atoms with Crippen LogP contribution in [-0.4, -0.2) is 56.9 Å². The maximum absolute atomic E-state index is 12.4. The van der Waals surface area contributed by atoms with E-state index in [0.717, 1.165) is 25.9 Å². The molecule has 18 heavy (non-hydrogen) atoms. The predicted molar refractivity (Wildman–Crippen MR) is 71.0 cm³/mol. The summed E-state index contributed by atoms with van der Waals surface area (Å²) in [5.74, 6) is 0.539. The lowest BCUT2D eigenvalue weighted by Gasteiger charge is -2.35. The van der Waals surface area contributed by atoms with Gasteiger partial charge in [0.05, 0.1) is 18.0 Å². The van der Waals surface area contributed by atoms with Crippen LogP contribution in [-0.2, 0) is 14.8 Å². The van der Waals surface area contributed by atoms with E-state index in [1.807, 2.05) is 13.8 Å². The molecule has 5 nitrogen and oxygen atoms in total. The molecule has 2 aliphatic rings. The van der Waals surface area contributed by atoms with E-state index >= 15 is 0 Å². The van der Waals surface area contributed by atoms with Crippen LogP contribution in [0.15, 0.2) is 0 Å². The second kappa shape index (κ2) is 5.86. The normalized spacial score (nSPS) is 35.6. The first-order chi connectivity index (χ1) is 8.47. The molecule has 0 spiro atoms. The molecule has 1 unspecified atom stereocenters. The number of nitrogens with zero attached hydrogens (tertiary/aromatic N) is 1. The first-order valence-electron chi connectivity index (χ1n) is 6.81. The highest BCUT2D eigenvalue weighted by molar-refractivity contribution is 7.89. The van der Waals surface area contributed by atoms with Gasteiger partial charge in [-0.05, 0) is 45.7 Å². The van der Waals surface area contributed by atoms with E-state index < -0.39 is 10.0 Å². The third-order valence-electron chi connectivity index (χ3n) is 3.62. The number of nitrogens with one attached hydrogen (secondary N) is 1. The van der Waals surface area contributed by atoms with Gasteiger partial charge in [0.15, 0.2) is 0 Å². The lowest BCUT2D eigenvalue weighted by molar-refractivity contribution is -0.0441. The summed E-state index contributed by atoms with van der Waals surface area (Å²) in [6.07, 6.45) is 2.08. The molecular formula is C12H24N2O3S. The first kappa shape index (κ1) is 14.2. The van der Waals surface area contributed by atoms with E-state index in [2.05, 4.69) is 5.32 Å². The third-order valence-corrected chi connectivity index (χ3v) is 5.60. The van der Waals surface area contributed by atoms with Crippen LogP contribution in [0.5, 0.6) is 0 Å². The molecule has 0 amide bonds. The van der Waals surface area contributed by atoms with Crippen molar-refractivity contribution in [2.45, 2.75) is 38.9 Å². The highest BCUT2D eigenvalue weighted by Gasteiger charge is 2.32. The molecule has 2 rings (SSSR count). The van der Waals surface area contributed by atoms with Gasteiger partial charge in [-0.15, -0.1) is 0 Å². The van der Waals surface area contributed by atoms with Crippen LogP contribution in [0.4, 0.5) is 0 Å². The van der Waals surface area contributed by atoms with E-state index in [-0.39, 0.29) is 23.9 Å². The van der Waals surface area contributed by atoms with Crippen LogP contribution >= 0.6 is 0 Å². The molecule has 3 atom stereocenters. The Kier molecular flexibility index (Phi) is 4.64. The fourth-order valence-corrected chi connectivity index (χ4v) is 4.79.